The first kappa shape index (κ1) is 19.3. The molecule has 4 N–H and O–H groups in total. The molecule has 0 spiro atoms. The molecule has 0 aliphatic carbocycles. The number of nitrogen functional groups attached to an aromatic ring is 1. The molecular weight excluding hydrogens is 414 g/mol. The van der Waals surface area contributed by atoms with Gasteiger partial charge in [0.25, 0.3) is 0 Å². The Morgan fingerprint density at radius 1 is 1.10 bits per heavy atom. The number of hydrogen-bond donors (Lipinski definition) is 3. The Morgan fingerprint density at radius 2 is 1.87 bits per heavy atom. The van der Waals surface area contributed by atoms with Gasteiger partial charge in [0.2, 0.25) is 16.0 Å². The van der Waals surface area contributed by atoms with E-state index in [9.17, 15) is 8.42 Å². The molecule has 2 aromatic carbocycles. The van der Waals surface area contributed by atoms with Gasteiger partial charge >= 0.3 is 0 Å². The summed E-state index contributed by atoms with van der Waals surface area (Å²) < 4.78 is 28.3. The van der Waals surface area contributed by atoms with Crippen molar-refractivity contribution in [1.82, 2.24) is 20.2 Å². The predicted octanol–water partition coefficient (Wildman–Crippen LogP) is 2.31. The van der Waals surface area contributed by atoms with Crippen LogP contribution in [0, 0.1) is 0 Å². The number of nitrogens with two attached hydrogens (primary N) is 1. The largest absolute Gasteiger partial charge is 0.368 e. The second-order valence-electron chi connectivity index (χ2n) is 7.51. The van der Waals surface area contributed by atoms with E-state index in [-0.39, 0.29) is 24.3 Å². The number of aromatic amines is 1. The van der Waals surface area contributed by atoms with Gasteiger partial charge in [-0.05, 0) is 23.6 Å². The van der Waals surface area contributed by atoms with Crippen molar-refractivity contribution in [2.24, 2.45) is 0 Å². The van der Waals surface area contributed by atoms with E-state index >= 15 is 0 Å². The highest BCUT2D eigenvalue weighted by molar-refractivity contribution is 7.92. The molecule has 158 valence electrons. The average Bonchev–Trinajstić information content (AvgIpc) is 3.22. The fourth-order valence-electron chi connectivity index (χ4n) is 3.93. The zero-order chi connectivity index (χ0) is 21.4. The Bertz CT molecular complexity index is 1340. The number of rotatable bonds is 5. The molecule has 1 aliphatic rings. The standard InChI is InChI=1S/C21H21N7O2S/c22-21-25-19(17-11-23-27-20(17)26-21)24-16-10-15-8-4-5-9-18(15)28(12-16)31(29,30)13-14-6-2-1-3-7-14/h1-9,11,16H,10,12-13H2,(H4,22,23,24,25,26,27). The maximum absolute atomic E-state index is 13.4. The summed E-state index contributed by atoms with van der Waals surface area (Å²) in [6.07, 6.45) is 2.27. The number of H-pyrrole nitrogens is 1. The zero-order valence-corrected chi connectivity index (χ0v) is 17.4. The van der Waals surface area contributed by atoms with E-state index in [4.69, 9.17) is 5.73 Å². The van der Waals surface area contributed by atoms with Crippen LogP contribution in [0.5, 0.6) is 0 Å². The number of aromatic nitrogens is 4. The van der Waals surface area contributed by atoms with Crippen molar-refractivity contribution in [2.45, 2.75) is 18.2 Å². The summed E-state index contributed by atoms with van der Waals surface area (Å²) in [5, 5.41) is 10.9. The van der Waals surface area contributed by atoms with Crippen LogP contribution in [0.1, 0.15) is 11.1 Å². The summed E-state index contributed by atoms with van der Waals surface area (Å²) in [4.78, 5) is 8.43. The molecule has 0 fully saturated rings. The molecule has 5 rings (SSSR count). The van der Waals surface area contributed by atoms with E-state index in [0.717, 1.165) is 11.1 Å². The third kappa shape index (κ3) is 3.77. The zero-order valence-electron chi connectivity index (χ0n) is 16.6. The molecule has 4 aromatic rings. The SMILES string of the molecule is Nc1nc(NC2Cc3ccccc3N(S(=O)(=O)Cc3ccccc3)C2)c2cn[nH]c2n1. The van der Waals surface area contributed by atoms with Gasteiger partial charge in [0.05, 0.1) is 35.6 Å². The molecule has 0 saturated carbocycles. The Hall–Kier alpha value is -3.66. The number of anilines is 3. The van der Waals surface area contributed by atoms with E-state index in [1.165, 1.54) is 4.31 Å². The van der Waals surface area contributed by atoms with Crippen LogP contribution in [0.25, 0.3) is 11.0 Å². The van der Waals surface area contributed by atoms with Crippen molar-refractivity contribution >= 4 is 38.5 Å². The highest BCUT2D eigenvalue weighted by Crippen LogP contribution is 2.32. The normalized spacial score (nSPS) is 16.3. The lowest BCUT2D eigenvalue weighted by Crippen LogP contribution is -2.46. The number of nitrogens with one attached hydrogen (secondary N) is 2. The molecule has 3 heterocycles. The second-order valence-corrected chi connectivity index (χ2v) is 9.40. The molecule has 0 radical (unpaired) electrons. The highest BCUT2D eigenvalue weighted by atomic mass is 32.2. The number of fused-ring (bicyclic) bond motifs is 2. The van der Waals surface area contributed by atoms with Crippen LogP contribution in [0.15, 0.2) is 60.8 Å². The molecule has 0 saturated heterocycles. The summed E-state index contributed by atoms with van der Waals surface area (Å²) in [5.41, 5.74) is 8.78. The van der Waals surface area contributed by atoms with Gasteiger partial charge in [0.15, 0.2) is 5.65 Å². The van der Waals surface area contributed by atoms with Crippen molar-refractivity contribution in [3.8, 4) is 0 Å². The van der Waals surface area contributed by atoms with Gasteiger partial charge < -0.3 is 11.1 Å². The molecule has 9 nitrogen and oxygen atoms in total. The Kier molecular flexibility index (Phi) is 4.70. The van der Waals surface area contributed by atoms with Crippen molar-refractivity contribution < 1.29 is 8.42 Å². The first-order valence-electron chi connectivity index (χ1n) is 9.85. The van der Waals surface area contributed by atoms with Gasteiger partial charge in [0.1, 0.15) is 5.82 Å². The molecule has 1 atom stereocenters. The van der Waals surface area contributed by atoms with Crippen molar-refractivity contribution in [2.75, 3.05) is 21.9 Å². The van der Waals surface area contributed by atoms with E-state index < -0.39 is 10.0 Å². The maximum atomic E-state index is 13.4. The first-order valence-corrected chi connectivity index (χ1v) is 11.5. The molecular formula is C21H21N7O2S. The number of benzene rings is 2. The van der Waals surface area contributed by atoms with E-state index in [2.05, 4.69) is 25.5 Å². The molecule has 0 bridgehead atoms. The monoisotopic (exact) mass is 435 g/mol. The van der Waals surface area contributed by atoms with Crippen LogP contribution in [0.3, 0.4) is 0 Å². The van der Waals surface area contributed by atoms with Gasteiger partial charge in [-0.3, -0.25) is 9.40 Å². The van der Waals surface area contributed by atoms with Crippen LogP contribution in [0.2, 0.25) is 0 Å². The number of nitrogens with zero attached hydrogens (tertiary/aromatic N) is 4. The van der Waals surface area contributed by atoms with E-state index in [0.29, 0.717) is 29.0 Å². The quantitative estimate of drug-likeness (QED) is 0.438. The van der Waals surface area contributed by atoms with Crippen LogP contribution < -0.4 is 15.4 Å². The number of hydrogen-bond acceptors (Lipinski definition) is 7. The lowest BCUT2D eigenvalue weighted by molar-refractivity contribution is 0.580. The van der Waals surface area contributed by atoms with Gasteiger partial charge in [-0.1, -0.05) is 48.5 Å². The summed E-state index contributed by atoms with van der Waals surface area (Å²) in [6.45, 7) is 0.273. The lowest BCUT2D eigenvalue weighted by Gasteiger charge is -2.36. The van der Waals surface area contributed by atoms with Crippen molar-refractivity contribution in [3.63, 3.8) is 0 Å². The third-order valence-corrected chi connectivity index (χ3v) is 7.02. The summed E-state index contributed by atoms with van der Waals surface area (Å²) >= 11 is 0. The number of sulfonamides is 1. The molecule has 1 unspecified atom stereocenters. The minimum absolute atomic E-state index is 0.0681. The molecule has 1 aliphatic heterocycles. The first-order chi connectivity index (χ1) is 15.0. The van der Waals surface area contributed by atoms with Crippen LogP contribution >= 0.6 is 0 Å². The topological polar surface area (TPSA) is 130 Å². The predicted molar refractivity (Wildman–Crippen MR) is 120 cm³/mol. The lowest BCUT2D eigenvalue weighted by atomic mass is 9.99. The molecule has 10 heteroatoms. The Labute approximate surface area is 179 Å². The summed E-state index contributed by atoms with van der Waals surface area (Å²) in [6, 6.07) is 16.6. The third-order valence-electron chi connectivity index (χ3n) is 5.31. The number of para-hydroxylation sites is 1. The highest BCUT2D eigenvalue weighted by Gasteiger charge is 2.32. The van der Waals surface area contributed by atoms with Gasteiger partial charge in [0, 0.05) is 0 Å². The van der Waals surface area contributed by atoms with Gasteiger partial charge in [-0.2, -0.15) is 15.1 Å². The Balaban J connectivity index is 1.48. The molecule has 0 amide bonds. The minimum atomic E-state index is -3.60. The second kappa shape index (κ2) is 7.55. The fourth-order valence-corrected chi connectivity index (χ4v) is 5.59. The minimum Gasteiger partial charge on any atom is -0.368 e. The maximum Gasteiger partial charge on any atom is 0.239 e. The van der Waals surface area contributed by atoms with Crippen LogP contribution in [-0.4, -0.2) is 41.2 Å². The van der Waals surface area contributed by atoms with Crippen molar-refractivity contribution in [3.05, 3.63) is 71.9 Å². The van der Waals surface area contributed by atoms with Gasteiger partial charge in [-0.25, -0.2) is 8.42 Å². The molecule has 2 aromatic heterocycles. The van der Waals surface area contributed by atoms with E-state index in [1.54, 1.807) is 6.20 Å². The van der Waals surface area contributed by atoms with Gasteiger partial charge in [-0.15, -0.1) is 0 Å². The summed E-state index contributed by atoms with van der Waals surface area (Å²) in [5.74, 6) is 0.575. The molecule has 31 heavy (non-hydrogen) atoms. The fraction of sp³-hybridized carbons (Fsp3) is 0.190. The van der Waals surface area contributed by atoms with Crippen LogP contribution in [-0.2, 0) is 22.2 Å². The Morgan fingerprint density at radius 3 is 2.71 bits per heavy atom. The average molecular weight is 436 g/mol. The van der Waals surface area contributed by atoms with Crippen LogP contribution in [0.4, 0.5) is 17.5 Å². The van der Waals surface area contributed by atoms with E-state index in [1.807, 2.05) is 54.6 Å². The smallest absolute Gasteiger partial charge is 0.239 e. The van der Waals surface area contributed by atoms with Crippen molar-refractivity contribution in [1.29, 1.82) is 0 Å². The summed E-state index contributed by atoms with van der Waals surface area (Å²) in [7, 11) is -3.60.